The maximum atomic E-state index is 11.6. The molecule has 5 heteroatoms. The van der Waals surface area contributed by atoms with Crippen LogP contribution in [-0.4, -0.2) is 50.1 Å². The van der Waals surface area contributed by atoms with E-state index in [9.17, 15) is 9.59 Å². The largest absolute Gasteiger partial charge is 0.469 e. The predicted octanol–water partition coefficient (Wildman–Crippen LogP) is 0.644. The van der Waals surface area contributed by atoms with Crippen molar-refractivity contribution < 1.29 is 14.3 Å². The fraction of sp³-hybridized carbons (Fsp3) is 0.846. The fourth-order valence-electron chi connectivity index (χ4n) is 2.07. The molecule has 0 radical (unpaired) electrons. The van der Waals surface area contributed by atoms with Crippen LogP contribution in [0.2, 0.25) is 0 Å². The van der Waals surface area contributed by atoms with E-state index in [0.29, 0.717) is 12.5 Å². The first-order valence-electron chi connectivity index (χ1n) is 6.59. The molecule has 0 aliphatic carbocycles. The van der Waals surface area contributed by atoms with E-state index in [-0.39, 0.29) is 17.8 Å². The van der Waals surface area contributed by atoms with E-state index in [1.165, 1.54) is 7.11 Å². The fourth-order valence-corrected chi connectivity index (χ4v) is 2.07. The van der Waals surface area contributed by atoms with Gasteiger partial charge >= 0.3 is 5.97 Å². The van der Waals surface area contributed by atoms with Crippen LogP contribution in [0.15, 0.2) is 0 Å². The highest BCUT2D eigenvalue weighted by molar-refractivity contribution is 5.78. The highest BCUT2D eigenvalue weighted by Crippen LogP contribution is 2.17. The van der Waals surface area contributed by atoms with Crippen LogP contribution in [0.3, 0.4) is 0 Å². The molecule has 1 fully saturated rings. The number of ether oxygens (including phenoxy) is 1. The first kappa shape index (κ1) is 15.0. The normalized spacial score (nSPS) is 17.8. The van der Waals surface area contributed by atoms with Crippen LogP contribution in [-0.2, 0) is 14.3 Å². The SMILES string of the molecule is COC(=O)C1CCN(CC(=O)NCC(C)C)CC1. The maximum Gasteiger partial charge on any atom is 0.308 e. The summed E-state index contributed by atoms with van der Waals surface area (Å²) in [5.41, 5.74) is 0. The lowest BCUT2D eigenvalue weighted by Gasteiger charge is -2.30. The number of piperidine rings is 1. The number of likely N-dealkylation sites (tertiary alicyclic amines) is 1. The molecule has 5 nitrogen and oxygen atoms in total. The summed E-state index contributed by atoms with van der Waals surface area (Å²) in [5.74, 6) is 0.420. The van der Waals surface area contributed by atoms with Crippen LogP contribution in [0.4, 0.5) is 0 Å². The molecule has 0 spiro atoms. The van der Waals surface area contributed by atoms with Crippen molar-refractivity contribution in [2.45, 2.75) is 26.7 Å². The van der Waals surface area contributed by atoms with Crippen LogP contribution in [0, 0.1) is 11.8 Å². The third kappa shape index (κ3) is 5.04. The molecule has 1 saturated heterocycles. The Morgan fingerprint density at radius 2 is 1.94 bits per heavy atom. The molecule has 1 N–H and O–H groups in total. The molecule has 1 heterocycles. The van der Waals surface area contributed by atoms with Crippen molar-refractivity contribution in [1.82, 2.24) is 10.2 Å². The van der Waals surface area contributed by atoms with Gasteiger partial charge in [0.15, 0.2) is 0 Å². The number of rotatable bonds is 5. The second-order valence-electron chi connectivity index (χ2n) is 5.27. The average molecular weight is 256 g/mol. The van der Waals surface area contributed by atoms with Gasteiger partial charge in [-0.15, -0.1) is 0 Å². The molecule has 0 aromatic carbocycles. The molecule has 1 aliphatic rings. The Morgan fingerprint density at radius 1 is 1.33 bits per heavy atom. The summed E-state index contributed by atoms with van der Waals surface area (Å²) in [6.45, 7) is 6.87. The number of hydrogen-bond donors (Lipinski definition) is 1. The Labute approximate surface area is 109 Å². The van der Waals surface area contributed by atoms with E-state index >= 15 is 0 Å². The van der Waals surface area contributed by atoms with Crippen molar-refractivity contribution in [3.05, 3.63) is 0 Å². The van der Waals surface area contributed by atoms with E-state index in [1.807, 2.05) is 0 Å². The summed E-state index contributed by atoms with van der Waals surface area (Å²) in [6.07, 6.45) is 1.56. The number of carbonyl (C=O) groups excluding carboxylic acids is 2. The predicted molar refractivity (Wildman–Crippen MR) is 69.0 cm³/mol. The molecule has 1 amide bonds. The van der Waals surface area contributed by atoms with Gasteiger partial charge in [-0.3, -0.25) is 14.5 Å². The Hall–Kier alpha value is -1.10. The monoisotopic (exact) mass is 256 g/mol. The third-order valence-electron chi connectivity index (χ3n) is 3.20. The number of methoxy groups -OCH3 is 1. The van der Waals surface area contributed by atoms with E-state index in [2.05, 4.69) is 24.1 Å². The van der Waals surface area contributed by atoms with Gasteiger partial charge in [0.2, 0.25) is 5.91 Å². The van der Waals surface area contributed by atoms with Gasteiger partial charge in [0.05, 0.1) is 19.6 Å². The van der Waals surface area contributed by atoms with Gasteiger partial charge in [0, 0.05) is 6.54 Å². The molecule has 0 unspecified atom stereocenters. The highest BCUT2D eigenvalue weighted by atomic mass is 16.5. The second-order valence-corrected chi connectivity index (χ2v) is 5.27. The number of carbonyl (C=O) groups is 2. The average Bonchev–Trinajstić information content (AvgIpc) is 2.36. The lowest BCUT2D eigenvalue weighted by Crippen LogP contribution is -2.43. The molecular weight excluding hydrogens is 232 g/mol. The first-order valence-corrected chi connectivity index (χ1v) is 6.59. The minimum atomic E-state index is -0.126. The van der Waals surface area contributed by atoms with Gasteiger partial charge in [0.1, 0.15) is 0 Å². The van der Waals surface area contributed by atoms with E-state index in [1.54, 1.807) is 0 Å². The Balaban J connectivity index is 2.23. The molecule has 1 rings (SSSR count). The van der Waals surface area contributed by atoms with Crippen LogP contribution in [0.25, 0.3) is 0 Å². The van der Waals surface area contributed by atoms with Gasteiger partial charge in [-0.25, -0.2) is 0 Å². The van der Waals surface area contributed by atoms with Crippen molar-refractivity contribution in [3.63, 3.8) is 0 Å². The molecule has 0 aromatic heterocycles. The number of esters is 1. The number of nitrogens with one attached hydrogen (secondary N) is 1. The molecule has 18 heavy (non-hydrogen) atoms. The minimum absolute atomic E-state index is 0.00461. The topological polar surface area (TPSA) is 58.6 Å². The van der Waals surface area contributed by atoms with Crippen LogP contribution < -0.4 is 5.32 Å². The lowest BCUT2D eigenvalue weighted by molar-refractivity contribution is -0.147. The van der Waals surface area contributed by atoms with Crippen LogP contribution in [0.1, 0.15) is 26.7 Å². The van der Waals surface area contributed by atoms with E-state index in [4.69, 9.17) is 4.74 Å². The molecule has 0 bridgehead atoms. The van der Waals surface area contributed by atoms with Gasteiger partial charge in [-0.05, 0) is 31.8 Å². The molecule has 0 atom stereocenters. The number of hydrogen-bond acceptors (Lipinski definition) is 4. The van der Waals surface area contributed by atoms with E-state index in [0.717, 1.165) is 32.5 Å². The summed E-state index contributed by atoms with van der Waals surface area (Å²) in [7, 11) is 1.42. The third-order valence-corrected chi connectivity index (χ3v) is 3.20. The van der Waals surface area contributed by atoms with Crippen molar-refractivity contribution in [2.24, 2.45) is 11.8 Å². The smallest absolute Gasteiger partial charge is 0.308 e. The van der Waals surface area contributed by atoms with Gasteiger partial charge in [0.25, 0.3) is 0 Å². The number of nitrogens with zero attached hydrogens (tertiary/aromatic N) is 1. The molecule has 0 saturated carbocycles. The Bertz CT molecular complexity index is 284. The van der Waals surface area contributed by atoms with Crippen molar-refractivity contribution >= 4 is 11.9 Å². The standard InChI is InChI=1S/C13H24N2O3/c1-10(2)8-14-12(16)9-15-6-4-11(5-7-15)13(17)18-3/h10-11H,4-9H2,1-3H3,(H,14,16). The number of amides is 1. The Morgan fingerprint density at radius 3 is 2.44 bits per heavy atom. The lowest BCUT2D eigenvalue weighted by atomic mass is 9.97. The van der Waals surface area contributed by atoms with Crippen LogP contribution >= 0.6 is 0 Å². The minimum Gasteiger partial charge on any atom is -0.469 e. The summed E-state index contributed by atoms with van der Waals surface area (Å²) in [5, 5.41) is 2.90. The van der Waals surface area contributed by atoms with Gasteiger partial charge < -0.3 is 10.1 Å². The summed E-state index contributed by atoms with van der Waals surface area (Å²) >= 11 is 0. The summed E-state index contributed by atoms with van der Waals surface area (Å²) < 4.78 is 4.73. The second kappa shape index (κ2) is 7.36. The van der Waals surface area contributed by atoms with Crippen molar-refractivity contribution in [1.29, 1.82) is 0 Å². The summed E-state index contributed by atoms with van der Waals surface area (Å²) in [6, 6.07) is 0. The van der Waals surface area contributed by atoms with Crippen molar-refractivity contribution in [2.75, 3.05) is 33.3 Å². The summed E-state index contributed by atoms with van der Waals surface area (Å²) in [4.78, 5) is 25.1. The zero-order valence-corrected chi connectivity index (χ0v) is 11.6. The Kier molecular flexibility index (Phi) is 6.12. The van der Waals surface area contributed by atoms with Crippen molar-refractivity contribution in [3.8, 4) is 0 Å². The molecular formula is C13H24N2O3. The van der Waals surface area contributed by atoms with Gasteiger partial charge in [-0.2, -0.15) is 0 Å². The first-order chi connectivity index (χ1) is 8.52. The quantitative estimate of drug-likeness (QED) is 0.734. The van der Waals surface area contributed by atoms with E-state index < -0.39 is 0 Å². The zero-order valence-electron chi connectivity index (χ0n) is 11.6. The molecule has 104 valence electrons. The zero-order chi connectivity index (χ0) is 13.5. The van der Waals surface area contributed by atoms with Gasteiger partial charge in [-0.1, -0.05) is 13.8 Å². The molecule has 1 aliphatic heterocycles. The van der Waals surface area contributed by atoms with Crippen LogP contribution in [0.5, 0.6) is 0 Å². The maximum absolute atomic E-state index is 11.6. The molecule has 0 aromatic rings. The highest BCUT2D eigenvalue weighted by Gasteiger charge is 2.26.